The molecule has 3 rings (SSSR count). The number of carbonyl (C=O) groups is 1. The second-order valence-corrected chi connectivity index (χ2v) is 8.92. The molecule has 1 saturated carbocycles. The molecule has 1 amide bonds. The quantitative estimate of drug-likeness (QED) is 0.724. The van der Waals surface area contributed by atoms with Gasteiger partial charge in [-0.3, -0.25) is 4.98 Å². The molecule has 0 aromatic carbocycles. The van der Waals surface area contributed by atoms with Gasteiger partial charge in [-0.15, -0.1) is 0 Å². The van der Waals surface area contributed by atoms with Crippen LogP contribution in [0.4, 0.5) is 18.0 Å². The van der Waals surface area contributed by atoms with Crippen molar-refractivity contribution in [2.24, 2.45) is 11.3 Å². The number of nitrogens with zero attached hydrogens (tertiary/aromatic N) is 2. The van der Waals surface area contributed by atoms with E-state index in [-0.39, 0.29) is 29.8 Å². The van der Waals surface area contributed by atoms with E-state index in [1.54, 1.807) is 4.90 Å². The van der Waals surface area contributed by atoms with Gasteiger partial charge in [-0.25, -0.2) is 4.79 Å². The van der Waals surface area contributed by atoms with Crippen LogP contribution in [-0.4, -0.2) is 41.3 Å². The van der Waals surface area contributed by atoms with E-state index >= 15 is 0 Å². The van der Waals surface area contributed by atoms with E-state index in [0.29, 0.717) is 13.1 Å². The van der Waals surface area contributed by atoms with Crippen molar-refractivity contribution in [3.05, 3.63) is 24.0 Å². The highest BCUT2D eigenvalue weighted by Gasteiger charge is 2.47. The fraction of sp³-hybridized carbons (Fsp3) is 0.700. The van der Waals surface area contributed by atoms with Crippen molar-refractivity contribution in [1.82, 2.24) is 9.88 Å². The zero-order valence-electron chi connectivity index (χ0n) is 16.5. The number of rotatable bonds is 3. The van der Waals surface area contributed by atoms with Gasteiger partial charge in [0.15, 0.2) is 0 Å². The second-order valence-electron chi connectivity index (χ2n) is 8.92. The predicted molar refractivity (Wildman–Crippen MR) is 96.9 cm³/mol. The summed E-state index contributed by atoms with van der Waals surface area (Å²) in [5, 5.41) is 0. The zero-order valence-corrected chi connectivity index (χ0v) is 16.5. The average Bonchev–Trinajstić information content (AvgIpc) is 2.56. The third-order valence-corrected chi connectivity index (χ3v) is 5.48. The first-order chi connectivity index (χ1) is 13.0. The van der Waals surface area contributed by atoms with Crippen molar-refractivity contribution in [1.29, 1.82) is 0 Å². The number of hydrogen-bond donors (Lipinski definition) is 0. The maximum atomic E-state index is 13.0. The molecule has 0 unspecified atom stereocenters. The Morgan fingerprint density at radius 2 is 1.89 bits per heavy atom. The van der Waals surface area contributed by atoms with Gasteiger partial charge in [0.1, 0.15) is 16.9 Å². The van der Waals surface area contributed by atoms with Crippen LogP contribution in [0.3, 0.4) is 0 Å². The number of piperidine rings is 1. The molecule has 1 aromatic rings. The molecular formula is C20H27F3N2O3. The number of amides is 1. The lowest BCUT2D eigenvalue weighted by atomic mass is 9.58. The maximum Gasteiger partial charge on any atom is 0.421 e. The zero-order chi connectivity index (χ0) is 20.6. The molecule has 28 heavy (non-hydrogen) atoms. The van der Waals surface area contributed by atoms with Gasteiger partial charge in [-0.2, -0.15) is 13.2 Å². The standard InChI is InChI=1S/C20H27F3N2O3/c1-18(2,3)28-17(26)25-8-5-19(6-9-25)10-14(11-19)13-27-16-4-7-24-12-15(16)20(21,22)23/h4,7,12,14H,5-6,8-11,13H2,1-3H3. The summed E-state index contributed by atoms with van der Waals surface area (Å²) in [5.41, 5.74) is -1.17. The number of likely N-dealkylation sites (tertiary alicyclic amines) is 1. The molecule has 8 heteroatoms. The summed E-state index contributed by atoms with van der Waals surface area (Å²) in [6.45, 7) is 7.13. The Balaban J connectivity index is 1.46. The van der Waals surface area contributed by atoms with E-state index in [4.69, 9.17) is 9.47 Å². The van der Waals surface area contributed by atoms with Gasteiger partial charge in [-0.05, 0) is 63.9 Å². The lowest BCUT2D eigenvalue weighted by Crippen LogP contribution is -2.50. The molecule has 1 aromatic heterocycles. The third kappa shape index (κ3) is 4.89. The lowest BCUT2D eigenvalue weighted by molar-refractivity contribution is -0.139. The van der Waals surface area contributed by atoms with Crippen LogP contribution < -0.4 is 4.74 Å². The van der Waals surface area contributed by atoms with E-state index in [1.807, 2.05) is 20.8 Å². The van der Waals surface area contributed by atoms with Gasteiger partial charge >= 0.3 is 12.3 Å². The summed E-state index contributed by atoms with van der Waals surface area (Å²) < 4.78 is 49.9. The Bertz CT molecular complexity index is 699. The molecule has 0 radical (unpaired) electrons. The summed E-state index contributed by atoms with van der Waals surface area (Å²) in [6, 6.07) is 1.26. The number of hydrogen-bond acceptors (Lipinski definition) is 4. The van der Waals surface area contributed by atoms with Crippen molar-refractivity contribution in [2.45, 2.75) is 58.2 Å². The van der Waals surface area contributed by atoms with Gasteiger partial charge in [0, 0.05) is 25.5 Å². The summed E-state index contributed by atoms with van der Waals surface area (Å²) in [7, 11) is 0. The third-order valence-electron chi connectivity index (χ3n) is 5.48. The molecule has 5 nitrogen and oxygen atoms in total. The monoisotopic (exact) mass is 400 g/mol. The molecule has 1 aliphatic carbocycles. The van der Waals surface area contributed by atoms with Gasteiger partial charge in [0.05, 0.1) is 6.61 Å². The Hall–Kier alpha value is -1.99. The molecule has 1 spiro atoms. The number of pyridine rings is 1. The Kier molecular flexibility index (Phi) is 5.51. The minimum atomic E-state index is -4.47. The van der Waals surface area contributed by atoms with Crippen molar-refractivity contribution in [2.75, 3.05) is 19.7 Å². The molecule has 1 aliphatic heterocycles. The molecule has 2 heterocycles. The summed E-state index contributed by atoms with van der Waals surface area (Å²) in [4.78, 5) is 17.4. The number of halogens is 3. The van der Waals surface area contributed by atoms with E-state index in [0.717, 1.165) is 31.9 Å². The highest BCUT2D eigenvalue weighted by Crippen LogP contribution is 2.52. The maximum absolute atomic E-state index is 13.0. The highest BCUT2D eigenvalue weighted by molar-refractivity contribution is 5.68. The SMILES string of the molecule is CC(C)(C)OC(=O)N1CCC2(CC1)CC(COc1ccncc1C(F)(F)F)C2. The molecule has 156 valence electrons. The number of ether oxygens (including phenoxy) is 2. The van der Waals surface area contributed by atoms with E-state index < -0.39 is 17.3 Å². The minimum absolute atomic E-state index is 0.164. The number of alkyl halides is 3. The van der Waals surface area contributed by atoms with Crippen molar-refractivity contribution < 1.29 is 27.4 Å². The van der Waals surface area contributed by atoms with Crippen molar-refractivity contribution >= 4 is 6.09 Å². The van der Waals surface area contributed by atoms with Crippen LogP contribution in [0, 0.1) is 11.3 Å². The Morgan fingerprint density at radius 3 is 2.46 bits per heavy atom. The molecule has 2 fully saturated rings. The van der Waals surface area contributed by atoms with Crippen LogP contribution in [0.1, 0.15) is 52.0 Å². The van der Waals surface area contributed by atoms with Crippen LogP contribution in [0.15, 0.2) is 18.5 Å². The van der Waals surface area contributed by atoms with Crippen LogP contribution in [0.2, 0.25) is 0 Å². The molecule has 0 N–H and O–H groups in total. The van der Waals surface area contributed by atoms with E-state index in [9.17, 15) is 18.0 Å². The fourth-order valence-electron chi connectivity index (χ4n) is 4.11. The first-order valence-corrected chi connectivity index (χ1v) is 9.59. The number of carbonyl (C=O) groups excluding carboxylic acids is 1. The fourth-order valence-corrected chi connectivity index (χ4v) is 4.11. The van der Waals surface area contributed by atoms with Gasteiger partial charge < -0.3 is 14.4 Å². The van der Waals surface area contributed by atoms with Crippen molar-refractivity contribution in [3.63, 3.8) is 0 Å². The average molecular weight is 400 g/mol. The predicted octanol–water partition coefficient (Wildman–Crippen LogP) is 4.91. The van der Waals surface area contributed by atoms with Crippen LogP contribution in [0.25, 0.3) is 0 Å². The molecular weight excluding hydrogens is 373 g/mol. The summed E-state index contributed by atoms with van der Waals surface area (Å²) >= 11 is 0. The molecule has 1 saturated heterocycles. The minimum Gasteiger partial charge on any atom is -0.493 e. The largest absolute Gasteiger partial charge is 0.493 e. The normalized spacial score (nSPS) is 20.0. The van der Waals surface area contributed by atoms with Crippen LogP contribution in [-0.2, 0) is 10.9 Å². The van der Waals surface area contributed by atoms with Crippen LogP contribution >= 0.6 is 0 Å². The van der Waals surface area contributed by atoms with E-state index in [1.165, 1.54) is 12.3 Å². The topological polar surface area (TPSA) is 51.7 Å². The lowest BCUT2D eigenvalue weighted by Gasteiger charge is -2.52. The Morgan fingerprint density at radius 1 is 1.25 bits per heavy atom. The van der Waals surface area contributed by atoms with E-state index in [2.05, 4.69) is 4.98 Å². The highest BCUT2D eigenvalue weighted by atomic mass is 19.4. The van der Waals surface area contributed by atoms with Gasteiger partial charge in [0.25, 0.3) is 0 Å². The van der Waals surface area contributed by atoms with Crippen molar-refractivity contribution in [3.8, 4) is 5.75 Å². The first-order valence-electron chi connectivity index (χ1n) is 9.59. The summed E-state index contributed by atoms with van der Waals surface area (Å²) in [6.07, 6.45) is 0.974. The smallest absolute Gasteiger partial charge is 0.421 e. The first kappa shape index (κ1) is 20.7. The second kappa shape index (κ2) is 7.44. The molecule has 0 atom stereocenters. The van der Waals surface area contributed by atoms with Gasteiger partial charge in [0.2, 0.25) is 0 Å². The molecule has 2 aliphatic rings. The summed E-state index contributed by atoms with van der Waals surface area (Å²) in [5.74, 6) is 0.0746. The van der Waals surface area contributed by atoms with Crippen LogP contribution in [0.5, 0.6) is 5.75 Å². The molecule has 0 bridgehead atoms. The van der Waals surface area contributed by atoms with Gasteiger partial charge in [-0.1, -0.05) is 0 Å². The Labute approximate surface area is 163 Å². The number of aromatic nitrogens is 1.